The molecule has 0 amide bonds. The van der Waals surface area contributed by atoms with Gasteiger partial charge in [0.25, 0.3) is 0 Å². The molecule has 1 aromatic carbocycles. The smallest absolute Gasteiger partial charge is 0.188 e. The van der Waals surface area contributed by atoms with Crippen molar-refractivity contribution >= 4 is 23.4 Å². The summed E-state index contributed by atoms with van der Waals surface area (Å²) in [6.45, 7) is 2.04. The van der Waals surface area contributed by atoms with Crippen molar-refractivity contribution < 1.29 is 0 Å². The number of para-hydroxylation sites is 1. The van der Waals surface area contributed by atoms with E-state index in [1.807, 2.05) is 37.3 Å². The fraction of sp³-hybridized carbons (Fsp3) is 0.300. The molecule has 0 aliphatic rings. The van der Waals surface area contributed by atoms with E-state index in [4.69, 9.17) is 11.6 Å². The third-order valence-electron chi connectivity index (χ3n) is 1.97. The number of thioether (sulfide) groups is 1. The van der Waals surface area contributed by atoms with E-state index in [0.717, 1.165) is 10.8 Å². The lowest BCUT2D eigenvalue weighted by molar-refractivity contribution is 0.755. The lowest BCUT2D eigenvalue weighted by Crippen LogP contribution is -2.03. The van der Waals surface area contributed by atoms with Crippen molar-refractivity contribution in [2.75, 3.05) is 5.88 Å². The number of hydrogen-bond acceptors (Lipinski definition) is 4. The second-order valence-corrected chi connectivity index (χ2v) is 5.01. The summed E-state index contributed by atoms with van der Waals surface area (Å²) in [5.41, 5.74) is 0.955. The summed E-state index contributed by atoms with van der Waals surface area (Å²) in [6, 6.07) is 9.80. The summed E-state index contributed by atoms with van der Waals surface area (Å²) in [6.07, 6.45) is 0. The zero-order chi connectivity index (χ0) is 11.4. The minimum absolute atomic E-state index is 0.287. The Bertz CT molecular complexity index is 445. The molecule has 0 aliphatic carbocycles. The highest BCUT2D eigenvalue weighted by Crippen LogP contribution is 2.22. The number of rotatable bonds is 4. The molecule has 1 heterocycles. The molecular formula is C10H11ClN4S. The fourth-order valence-corrected chi connectivity index (χ4v) is 2.13. The molecule has 0 N–H and O–H groups in total. The SMILES string of the molecule is CC(CCl)Sc1nnnn1-c1ccccc1. The van der Waals surface area contributed by atoms with Gasteiger partial charge in [-0.2, -0.15) is 4.68 Å². The molecule has 4 nitrogen and oxygen atoms in total. The Morgan fingerprint density at radius 3 is 2.81 bits per heavy atom. The Morgan fingerprint density at radius 1 is 1.38 bits per heavy atom. The molecule has 2 rings (SSSR count). The van der Waals surface area contributed by atoms with E-state index in [1.165, 1.54) is 0 Å². The van der Waals surface area contributed by atoms with E-state index in [1.54, 1.807) is 16.4 Å². The highest BCUT2D eigenvalue weighted by atomic mass is 35.5. The van der Waals surface area contributed by atoms with Crippen LogP contribution in [0.15, 0.2) is 35.5 Å². The maximum absolute atomic E-state index is 5.77. The third-order valence-corrected chi connectivity index (χ3v) is 3.65. The minimum atomic E-state index is 0.287. The molecule has 16 heavy (non-hydrogen) atoms. The van der Waals surface area contributed by atoms with Crippen LogP contribution in [0.4, 0.5) is 0 Å². The lowest BCUT2D eigenvalue weighted by Gasteiger charge is -2.06. The van der Waals surface area contributed by atoms with Crippen LogP contribution in [0.2, 0.25) is 0 Å². The Balaban J connectivity index is 2.26. The molecule has 0 saturated heterocycles. The van der Waals surface area contributed by atoms with E-state index >= 15 is 0 Å². The van der Waals surface area contributed by atoms with Crippen molar-refractivity contribution in [1.29, 1.82) is 0 Å². The van der Waals surface area contributed by atoms with E-state index in [-0.39, 0.29) is 5.25 Å². The van der Waals surface area contributed by atoms with Gasteiger partial charge in [-0.25, -0.2) is 0 Å². The number of benzene rings is 1. The van der Waals surface area contributed by atoms with E-state index in [9.17, 15) is 0 Å². The average Bonchev–Trinajstić information content (AvgIpc) is 2.78. The van der Waals surface area contributed by atoms with Gasteiger partial charge in [-0.1, -0.05) is 36.9 Å². The van der Waals surface area contributed by atoms with Crippen molar-refractivity contribution in [1.82, 2.24) is 20.2 Å². The summed E-state index contributed by atoms with van der Waals surface area (Å²) in [5.74, 6) is 0.576. The second-order valence-electron chi connectivity index (χ2n) is 3.29. The van der Waals surface area contributed by atoms with Gasteiger partial charge < -0.3 is 0 Å². The van der Waals surface area contributed by atoms with Crippen molar-refractivity contribution in [2.24, 2.45) is 0 Å². The van der Waals surface area contributed by atoms with Crippen molar-refractivity contribution in [3.8, 4) is 5.69 Å². The van der Waals surface area contributed by atoms with Crippen molar-refractivity contribution in [3.05, 3.63) is 30.3 Å². The maximum Gasteiger partial charge on any atom is 0.214 e. The minimum Gasteiger partial charge on any atom is -0.188 e. The molecule has 0 saturated carbocycles. The average molecular weight is 255 g/mol. The van der Waals surface area contributed by atoms with Crippen LogP contribution < -0.4 is 0 Å². The van der Waals surface area contributed by atoms with E-state index in [0.29, 0.717) is 5.88 Å². The number of halogens is 1. The van der Waals surface area contributed by atoms with Crippen molar-refractivity contribution in [3.63, 3.8) is 0 Å². The second kappa shape index (κ2) is 5.32. The first-order valence-corrected chi connectivity index (χ1v) is 6.29. The molecular weight excluding hydrogens is 244 g/mol. The lowest BCUT2D eigenvalue weighted by atomic mass is 10.3. The summed E-state index contributed by atoms with van der Waals surface area (Å²) < 4.78 is 1.72. The number of alkyl halides is 1. The monoisotopic (exact) mass is 254 g/mol. The molecule has 0 bridgehead atoms. The molecule has 0 fully saturated rings. The van der Waals surface area contributed by atoms with Crippen LogP contribution >= 0.6 is 23.4 Å². The largest absolute Gasteiger partial charge is 0.214 e. The first kappa shape index (κ1) is 11.4. The molecule has 6 heteroatoms. The number of tetrazole rings is 1. The van der Waals surface area contributed by atoms with Gasteiger partial charge in [0.05, 0.1) is 5.69 Å². The third kappa shape index (κ3) is 2.54. The molecule has 1 unspecified atom stereocenters. The highest BCUT2D eigenvalue weighted by Gasteiger charge is 2.11. The molecule has 0 aliphatic heterocycles. The topological polar surface area (TPSA) is 43.6 Å². The van der Waals surface area contributed by atoms with Gasteiger partial charge in [0, 0.05) is 11.1 Å². The predicted molar refractivity (Wildman–Crippen MR) is 65.2 cm³/mol. The standard InChI is InChI=1S/C10H11ClN4S/c1-8(7-11)16-10-12-13-14-15(10)9-5-3-2-4-6-9/h2-6,8H,7H2,1H3. The van der Waals surface area contributed by atoms with Crippen LogP contribution in [0.5, 0.6) is 0 Å². The van der Waals surface area contributed by atoms with Crippen LogP contribution in [0.3, 0.4) is 0 Å². The van der Waals surface area contributed by atoms with Crippen molar-refractivity contribution in [2.45, 2.75) is 17.3 Å². The van der Waals surface area contributed by atoms with Gasteiger partial charge in [-0.3, -0.25) is 0 Å². The van der Waals surface area contributed by atoms with Gasteiger partial charge in [-0.05, 0) is 22.6 Å². The van der Waals surface area contributed by atoms with E-state index in [2.05, 4.69) is 15.5 Å². The highest BCUT2D eigenvalue weighted by molar-refractivity contribution is 7.99. The summed E-state index contributed by atoms with van der Waals surface area (Å²) in [5, 5.41) is 12.7. The molecule has 0 spiro atoms. The van der Waals surface area contributed by atoms with Gasteiger partial charge in [0.1, 0.15) is 0 Å². The molecule has 1 atom stereocenters. The van der Waals surface area contributed by atoms with Crippen LogP contribution in [0.1, 0.15) is 6.92 Å². The summed E-state index contributed by atoms with van der Waals surface area (Å²) in [7, 11) is 0. The maximum atomic E-state index is 5.77. The van der Waals surface area contributed by atoms with Crippen LogP contribution in [-0.2, 0) is 0 Å². The normalized spacial score (nSPS) is 12.6. The van der Waals surface area contributed by atoms with Crippen LogP contribution in [-0.4, -0.2) is 31.3 Å². The Labute approximate surface area is 103 Å². The predicted octanol–water partition coefficient (Wildman–Crippen LogP) is 2.38. The van der Waals surface area contributed by atoms with Gasteiger partial charge >= 0.3 is 0 Å². The zero-order valence-electron chi connectivity index (χ0n) is 8.75. The van der Waals surface area contributed by atoms with Crippen LogP contribution in [0, 0.1) is 0 Å². The first-order chi connectivity index (χ1) is 7.81. The van der Waals surface area contributed by atoms with Gasteiger partial charge in [0.2, 0.25) is 5.16 Å². The zero-order valence-corrected chi connectivity index (χ0v) is 10.3. The Morgan fingerprint density at radius 2 is 2.12 bits per heavy atom. The summed E-state index contributed by atoms with van der Waals surface area (Å²) in [4.78, 5) is 0. The van der Waals surface area contributed by atoms with Gasteiger partial charge in [0.15, 0.2) is 0 Å². The quantitative estimate of drug-likeness (QED) is 0.621. The summed E-state index contributed by atoms with van der Waals surface area (Å²) >= 11 is 7.34. The number of aromatic nitrogens is 4. The Kier molecular flexibility index (Phi) is 3.79. The fourth-order valence-electron chi connectivity index (χ4n) is 1.20. The number of hydrogen-bond donors (Lipinski definition) is 0. The molecule has 2 aromatic rings. The molecule has 0 radical (unpaired) electrons. The Hall–Kier alpha value is -1.07. The molecule has 1 aromatic heterocycles. The van der Waals surface area contributed by atoms with Crippen LogP contribution in [0.25, 0.3) is 5.69 Å². The molecule has 84 valence electrons. The first-order valence-electron chi connectivity index (χ1n) is 4.87. The van der Waals surface area contributed by atoms with Gasteiger partial charge in [-0.15, -0.1) is 16.7 Å². The van der Waals surface area contributed by atoms with E-state index < -0.39 is 0 Å². The number of nitrogens with zero attached hydrogens (tertiary/aromatic N) is 4.